The third kappa shape index (κ3) is 6.04. The van der Waals surface area contributed by atoms with E-state index in [1.54, 1.807) is 18.1 Å². The Morgan fingerprint density at radius 1 is 1.11 bits per heavy atom. The molecule has 4 rings (SSSR count). The minimum Gasteiger partial charge on any atom is -0.497 e. The van der Waals surface area contributed by atoms with E-state index in [0.29, 0.717) is 28.8 Å². The summed E-state index contributed by atoms with van der Waals surface area (Å²) < 4.78 is 13.1. The van der Waals surface area contributed by atoms with Gasteiger partial charge in [-0.15, -0.1) is 0 Å². The lowest BCUT2D eigenvalue weighted by Gasteiger charge is -2.13. The number of thioether (sulfide) groups is 1. The molecule has 1 aliphatic heterocycles. The summed E-state index contributed by atoms with van der Waals surface area (Å²) in [5.74, 6) is 1.45. The number of likely N-dealkylation sites (N-methyl/N-ethyl adjacent to an activating group) is 1. The first-order valence-corrected chi connectivity index (χ1v) is 13.9. The number of aliphatic imine (C=N–C) groups is 1. The van der Waals surface area contributed by atoms with Gasteiger partial charge in [-0.25, -0.2) is 4.99 Å². The zero-order chi connectivity index (χ0) is 25.7. The Morgan fingerprint density at radius 2 is 1.81 bits per heavy atom. The molecule has 1 saturated heterocycles. The van der Waals surface area contributed by atoms with Crippen molar-refractivity contribution in [3.63, 3.8) is 0 Å². The van der Waals surface area contributed by atoms with Crippen molar-refractivity contribution in [1.82, 2.24) is 4.90 Å². The summed E-state index contributed by atoms with van der Waals surface area (Å²) in [6, 6.07) is 21.0. The molecule has 3 aromatic carbocycles. The Kier molecular flexibility index (Phi) is 8.92. The number of amidine groups is 1. The normalized spacial score (nSPS) is 15.4. The number of halogens is 2. The van der Waals surface area contributed by atoms with Crippen LogP contribution in [0.25, 0.3) is 6.08 Å². The van der Waals surface area contributed by atoms with Crippen LogP contribution in [0.4, 0.5) is 5.69 Å². The summed E-state index contributed by atoms with van der Waals surface area (Å²) in [5.41, 5.74) is 3.11. The largest absolute Gasteiger partial charge is 0.497 e. The van der Waals surface area contributed by atoms with Gasteiger partial charge in [0.25, 0.3) is 5.91 Å². The van der Waals surface area contributed by atoms with Crippen molar-refractivity contribution < 1.29 is 14.3 Å². The zero-order valence-electron chi connectivity index (χ0n) is 19.5. The van der Waals surface area contributed by atoms with Crippen molar-refractivity contribution in [1.29, 1.82) is 5.26 Å². The second kappa shape index (κ2) is 12.1. The molecule has 0 aliphatic carbocycles. The number of hydrogen-bond donors (Lipinski definition) is 0. The molecule has 182 valence electrons. The van der Waals surface area contributed by atoms with Gasteiger partial charge in [0.05, 0.1) is 36.5 Å². The Labute approximate surface area is 241 Å². The second-order valence-electron chi connectivity index (χ2n) is 7.62. The molecule has 1 amide bonds. The van der Waals surface area contributed by atoms with E-state index >= 15 is 0 Å². The monoisotopic (exact) mass is 721 g/mol. The summed E-state index contributed by atoms with van der Waals surface area (Å²) in [5, 5.41) is 9.97. The molecular weight excluding hydrogens is 700 g/mol. The number of hydrogen-bond acceptors (Lipinski definition) is 6. The number of carbonyl (C=O) groups excluding carboxylic acids is 1. The highest BCUT2D eigenvalue weighted by Gasteiger charge is 2.32. The molecule has 3 aromatic rings. The molecule has 1 fully saturated rings. The standard InChI is InChI=1S/C27H21I2N3O3S/c1-3-32-26(33)24(36-27(32)31-20-8-10-21(34-2)11-9-20)14-17-12-22(28)25(23(29)13-17)35-16-19-7-5-4-6-18(19)15-30/h4-14H,3,16H2,1-2H3/b24-14+,31-27?. The van der Waals surface area contributed by atoms with E-state index in [-0.39, 0.29) is 5.91 Å². The molecule has 36 heavy (non-hydrogen) atoms. The highest BCUT2D eigenvalue weighted by Crippen LogP contribution is 2.36. The summed E-state index contributed by atoms with van der Waals surface area (Å²) in [6.45, 7) is 2.78. The number of ether oxygens (including phenoxy) is 2. The van der Waals surface area contributed by atoms with E-state index in [2.05, 4.69) is 56.2 Å². The Balaban J connectivity index is 1.56. The number of rotatable bonds is 7. The molecule has 0 N–H and O–H groups in total. The Morgan fingerprint density at radius 3 is 2.44 bits per heavy atom. The molecule has 0 spiro atoms. The Hall–Kier alpha value is -2.56. The molecule has 0 atom stereocenters. The molecule has 0 bridgehead atoms. The number of benzene rings is 3. The minimum absolute atomic E-state index is 0.0618. The van der Waals surface area contributed by atoms with Crippen molar-refractivity contribution in [3.8, 4) is 17.6 Å². The van der Waals surface area contributed by atoms with Crippen LogP contribution in [-0.2, 0) is 11.4 Å². The number of amides is 1. The van der Waals surface area contributed by atoms with Crippen molar-refractivity contribution in [2.75, 3.05) is 13.7 Å². The molecule has 0 unspecified atom stereocenters. The van der Waals surface area contributed by atoms with E-state index in [9.17, 15) is 10.1 Å². The molecular formula is C27H21I2N3O3S. The molecule has 1 heterocycles. The maximum absolute atomic E-state index is 13.1. The highest BCUT2D eigenvalue weighted by atomic mass is 127. The maximum Gasteiger partial charge on any atom is 0.266 e. The molecule has 1 aliphatic rings. The van der Waals surface area contributed by atoms with Gasteiger partial charge in [-0.1, -0.05) is 18.2 Å². The Bertz CT molecular complexity index is 1380. The summed E-state index contributed by atoms with van der Waals surface area (Å²) in [4.78, 5) is 20.1. The van der Waals surface area contributed by atoms with E-state index in [1.807, 2.05) is 67.6 Å². The average molecular weight is 721 g/mol. The lowest BCUT2D eigenvalue weighted by Crippen LogP contribution is -2.28. The first kappa shape index (κ1) is 26.5. The fraction of sp³-hybridized carbons (Fsp3) is 0.148. The second-order valence-corrected chi connectivity index (χ2v) is 11.0. The smallest absolute Gasteiger partial charge is 0.266 e. The molecule has 6 nitrogen and oxygen atoms in total. The van der Waals surface area contributed by atoms with Crippen LogP contribution < -0.4 is 9.47 Å². The molecule has 9 heteroatoms. The van der Waals surface area contributed by atoms with Crippen molar-refractivity contribution >= 4 is 79.8 Å². The van der Waals surface area contributed by atoms with E-state index in [0.717, 1.165) is 35.5 Å². The number of nitrogens with zero attached hydrogens (tertiary/aromatic N) is 3. The SMILES string of the molecule is CCN1C(=O)/C(=C\c2cc(I)c(OCc3ccccc3C#N)c(I)c2)SC1=Nc1ccc(OC)cc1. The summed E-state index contributed by atoms with van der Waals surface area (Å²) >= 11 is 5.85. The van der Waals surface area contributed by atoms with Crippen molar-refractivity contribution in [3.05, 3.63) is 89.4 Å². The first-order valence-electron chi connectivity index (χ1n) is 11.0. The van der Waals surface area contributed by atoms with Crippen LogP contribution in [0.1, 0.15) is 23.6 Å². The third-order valence-corrected chi connectivity index (χ3v) is 7.94. The average Bonchev–Trinajstić information content (AvgIpc) is 3.17. The van der Waals surface area contributed by atoms with Crippen LogP contribution in [-0.4, -0.2) is 29.6 Å². The molecule has 0 aromatic heterocycles. The number of nitriles is 1. The maximum atomic E-state index is 13.1. The van der Waals surface area contributed by atoms with Crippen LogP contribution in [0.15, 0.2) is 70.6 Å². The van der Waals surface area contributed by atoms with Gasteiger partial charge in [0.15, 0.2) is 5.17 Å². The molecule has 0 radical (unpaired) electrons. The zero-order valence-corrected chi connectivity index (χ0v) is 24.6. The van der Waals surface area contributed by atoms with E-state index < -0.39 is 0 Å². The van der Waals surface area contributed by atoms with E-state index in [1.165, 1.54) is 11.8 Å². The summed E-state index contributed by atoms with van der Waals surface area (Å²) in [7, 11) is 1.62. The summed E-state index contributed by atoms with van der Waals surface area (Å²) in [6.07, 6.45) is 1.89. The highest BCUT2D eigenvalue weighted by molar-refractivity contribution is 14.1. The fourth-order valence-electron chi connectivity index (χ4n) is 3.49. The van der Waals surface area contributed by atoms with Crippen LogP contribution in [0.3, 0.4) is 0 Å². The minimum atomic E-state index is -0.0618. The topological polar surface area (TPSA) is 74.9 Å². The lowest BCUT2D eigenvalue weighted by atomic mass is 10.1. The van der Waals surface area contributed by atoms with Gasteiger partial charge in [-0.2, -0.15) is 5.26 Å². The van der Waals surface area contributed by atoms with Crippen LogP contribution >= 0.6 is 56.9 Å². The van der Waals surface area contributed by atoms with Gasteiger partial charge >= 0.3 is 0 Å². The van der Waals surface area contributed by atoms with Gasteiger partial charge in [-0.05, 0) is 118 Å². The van der Waals surface area contributed by atoms with Crippen LogP contribution in [0.2, 0.25) is 0 Å². The van der Waals surface area contributed by atoms with Gasteiger partial charge in [0, 0.05) is 12.1 Å². The van der Waals surface area contributed by atoms with Gasteiger partial charge in [-0.3, -0.25) is 9.69 Å². The van der Waals surface area contributed by atoms with Crippen LogP contribution in [0.5, 0.6) is 11.5 Å². The quantitative estimate of drug-likeness (QED) is 0.195. The van der Waals surface area contributed by atoms with Crippen molar-refractivity contribution in [2.24, 2.45) is 4.99 Å². The van der Waals surface area contributed by atoms with Gasteiger partial charge in [0.1, 0.15) is 18.1 Å². The lowest BCUT2D eigenvalue weighted by molar-refractivity contribution is -0.122. The number of methoxy groups -OCH3 is 1. The van der Waals surface area contributed by atoms with Crippen molar-refractivity contribution in [2.45, 2.75) is 13.5 Å². The predicted molar refractivity (Wildman–Crippen MR) is 160 cm³/mol. The fourth-order valence-corrected chi connectivity index (χ4v) is 6.68. The number of carbonyl (C=O) groups is 1. The third-order valence-electron chi connectivity index (χ3n) is 5.33. The van der Waals surface area contributed by atoms with E-state index in [4.69, 9.17) is 9.47 Å². The predicted octanol–water partition coefficient (Wildman–Crippen LogP) is 6.98. The van der Waals surface area contributed by atoms with Gasteiger partial charge in [0.2, 0.25) is 0 Å². The molecule has 0 saturated carbocycles. The first-order chi connectivity index (χ1) is 17.4. The van der Waals surface area contributed by atoms with Gasteiger partial charge < -0.3 is 9.47 Å². The van der Waals surface area contributed by atoms with Crippen LogP contribution in [0, 0.1) is 18.5 Å².